The monoisotopic (exact) mass is 478 g/mol. The third-order valence-electron chi connectivity index (χ3n) is 4.65. The largest absolute Gasteiger partial charge is 0.497 e. The standard InChI is InChI=1S/C24H22N4O5S/c1-31-18-6-8-20(9-7-18)33-22-13-17(26-15-27-22)14-25-10-11-32-19-4-2-16(3-5-19)12-21-23(29)28-24(30)34-21/h2-9,12-13,15,25H,10-11,14H2,1H3,(H,28,29,30)/b21-12-. The number of ether oxygens (including phenoxy) is 3. The zero-order valence-corrected chi connectivity index (χ0v) is 19.1. The average Bonchev–Trinajstić information content (AvgIpc) is 3.17. The summed E-state index contributed by atoms with van der Waals surface area (Å²) >= 11 is 0.893. The lowest BCUT2D eigenvalue weighted by atomic mass is 10.2. The number of hydrogen-bond donors (Lipinski definition) is 2. The van der Waals surface area contributed by atoms with Crippen LogP contribution in [-0.2, 0) is 11.3 Å². The topological polar surface area (TPSA) is 112 Å². The van der Waals surface area contributed by atoms with Crippen LogP contribution >= 0.6 is 11.8 Å². The molecule has 2 heterocycles. The van der Waals surface area contributed by atoms with Gasteiger partial charge in [-0.2, -0.15) is 0 Å². The lowest BCUT2D eigenvalue weighted by molar-refractivity contribution is -0.115. The van der Waals surface area contributed by atoms with Gasteiger partial charge in [0.1, 0.15) is 30.2 Å². The van der Waals surface area contributed by atoms with Gasteiger partial charge in [-0.3, -0.25) is 14.9 Å². The van der Waals surface area contributed by atoms with Crippen molar-refractivity contribution in [3.63, 3.8) is 0 Å². The van der Waals surface area contributed by atoms with Crippen LogP contribution in [0, 0.1) is 0 Å². The summed E-state index contributed by atoms with van der Waals surface area (Å²) in [7, 11) is 1.61. The molecule has 0 spiro atoms. The third-order valence-corrected chi connectivity index (χ3v) is 5.46. The first-order chi connectivity index (χ1) is 16.6. The molecule has 0 atom stereocenters. The van der Waals surface area contributed by atoms with Crippen LogP contribution in [0.3, 0.4) is 0 Å². The van der Waals surface area contributed by atoms with Gasteiger partial charge < -0.3 is 19.5 Å². The van der Waals surface area contributed by atoms with Gasteiger partial charge in [0.25, 0.3) is 11.1 Å². The molecule has 0 radical (unpaired) electrons. The molecule has 1 aliphatic heterocycles. The number of aromatic nitrogens is 2. The summed E-state index contributed by atoms with van der Waals surface area (Å²) < 4.78 is 16.6. The molecule has 2 amide bonds. The summed E-state index contributed by atoms with van der Waals surface area (Å²) in [4.78, 5) is 31.6. The van der Waals surface area contributed by atoms with E-state index in [0.29, 0.717) is 42.0 Å². The molecule has 174 valence electrons. The first-order valence-corrected chi connectivity index (χ1v) is 11.2. The van der Waals surface area contributed by atoms with E-state index in [1.807, 2.05) is 48.5 Å². The minimum Gasteiger partial charge on any atom is -0.497 e. The van der Waals surface area contributed by atoms with Crippen LogP contribution in [0.5, 0.6) is 23.1 Å². The van der Waals surface area contributed by atoms with Gasteiger partial charge >= 0.3 is 0 Å². The summed E-state index contributed by atoms with van der Waals surface area (Å²) in [5.74, 6) is 2.21. The molecule has 2 aromatic carbocycles. The van der Waals surface area contributed by atoms with Gasteiger partial charge in [-0.05, 0) is 59.8 Å². The number of imide groups is 1. The van der Waals surface area contributed by atoms with Crippen molar-refractivity contribution >= 4 is 29.0 Å². The number of nitrogens with one attached hydrogen (secondary N) is 2. The molecule has 10 heteroatoms. The Labute approximate surface area is 200 Å². The zero-order chi connectivity index (χ0) is 23.8. The van der Waals surface area contributed by atoms with Crippen molar-refractivity contribution in [1.82, 2.24) is 20.6 Å². The van der Waals surface area contributed by atoms with E-state index >= 15 is 0 Å². The SMILES string of the molecule is COc1ccc(Oc2cc(CNCCOc3ccc(/C=C4\SC(=O)NC4=O)cc3)ncn2)cc1. The molecule has 1 fully saturated rings. The van der Waals surface area contributed by atoms with Gasteiger partial charge in [-0.15, -0.1) is 0 Å². The lowest BCUT2D eigenvalue weighted by Crippen LogP contribution is -2.21. The van der Waals surface area contributed by atoms with E-state index < -0.39 is 0 Å². The minimum atomic E-state index is -0.371. The Kier molecular flexibility index (Phi) is 7.74. The molecule has 9 nitrogen and oxygen atoms in total. The Morgan fingerprint density at radius 1 is 1.00 bits per heavy atom. The predicted octanol–water partition coefficient (Wildman–Crippen LogP) is 3.77. The second-order valence-corrected chi connectivity index (χ2v) is 8.09. The first-order valence-electron chi connectivity index (χ1n) is 10.4. The van der Waals surface area contributed by atoms with Crippen LogP contribution in [0.15, 0.2) is 65.8 Å². The summed E-state index contributed by atoms with van der Waals surface area (Å²) in [6, 6.07) is 16.3. The number of benzene rings is 2. The van der Waals surface area contributed by atoms with Crippen LogP contribution < -0.4 is 24.8 Å². The summed E-state index contributed by atoms with van der Waals surface area (Å²) in [6.45, 7) is 1.62. The maximum atomic E-state index is 11.6. The number of rotatable bonds is 10. The number of nitrogens with zero attached hydrogens (tertiary/aromatic N) is 2. The Hall–Kier alpha value is -3.89. The second-order valence-electron chi connectivity index (χ2n) is 7.07. The predicted molar refractivity (Wildman–Crippen MR) is 128 cm³/mol. The smallest absolute Gasteiger partial charge is 0.290 e. The van der Waals surface area contributed by atoms with Crippen molar-refractivity contribution in [2.24, 2.45) is 0 Å². The summed E-state index contributed by atoms with van der Waals surface area (Å²) in [5.41, 5.74) is 1.61. The minimum absolute atomic E-state index is 0.355. The van der Waals surface area contributed by atoms with Crippen LogP contribution in [0.25, 0.3) is 6.08 Å². The zero-order valence-electron chi connectivity index (χ0n) is 18.3. The molecule has 3 aromatic rings. The maximum absolute atomic E-state index is 11.6. The molecule has 0 saturated carbocycles. The van der Waals surface area contributed by atoms with E-state index in [4.69, 9.17) is 14.2 Å². The highest BCUT2D eigenvalue weighted by Crippen LogP contribution is 2.26. The lowest BCUT2D eigenvalue weighted by Gasteiger charge is -2.09. The average molecular weight is 479 g/mol. The van der Waals surface area contributed by atoms with Crippen molar-refractivity contribution < 1.29 is 23.8 Å². The molecular weight excluding hydrogens is 456 g/mol. The number of carbonyl (C=O) groups excluding carboxylic acids is 2. The quantitative estimate of drug-likeness (QED) is 0.332. The van der Waals surface area contributed by atoms with Crippen LogP contribution in [0.2, 0.25) is 0 Å². The molecule has 1 aliphatic rings. The van der Waals surface area contributed by atoms with Gasteiger partial charge in [-0.25, -0.2) is 9.97 Å². The summed E-state index contributed by atoms with van der Waals surface area (Å²) in [5, 5.41) is 5.15. The van der Waals surface area contributed by atoms with Crippen molar-refractivity contribution in [3.05, 3.63) is 77.1 Å². The highest BCUT2D eigenvalue weighted by Gasteiger charge is 2.24. The molecule has 4 rings (SSSR count). The second kappa shape index (κ2) is 11.3. The van der Waals surface area contributed by atoms with E-state index in [9.17, 15) is 9.59 Å². The molecule has 34 heavy (non-hydrogen) atoms. The van der Waals surface area contributed by atoms with Crippen LogP contribution in [-0.4, -0.2) is 41.4 Å². The molecule has 2 N–H and O–H groups in total. The van der Waals surface area contributed by atoms with Gasteiger partial charge in [-0.1, -0.05) is 12.1 Å². The van der Waals surface area contributed by atoms with E-state index in [0.717, 1.165) is 28.8 Å². The fourth-order valence-corrected chi connectivity index (χ4v) is 3.67. The first kappa shape index (κ1) is 23.3. The normalized spacial score (nSPS) is 14.2. The molecule has 0 aliphatic carbocycles. The van der Waals surface area contributed by atoms with Crippen LogP contribution in [0.1, 0.15) is 11.3 Å². The molecule has 1 saturated heterocycles. The fraction of sp³-hybridized carbons (Fsp3) is 0.167. The van der Waals surface area contributed by atoms with Gasteiger partial charge in [0, 0.05) is 19.2 Å². The summed E-state index contributed by atoms with van der Waals surface area (Å²) in [6.07, 6.45) is 3.14. The van der Waals surface area contributed by atoms with E-state index in [2.05, 4.69) is 20.6 Å². The number of methoxy groups -OCH3 is 1. The maximum Gasteiger partial charge on any atom is 0.290 e. The highest BCUT2D eigenvalue weighted by molar-refractivity contribution is 8.18. The Morgan fingerprint density at radius 2 is 1.74 bits per heavy atom. The Balaban J connectivity index is 1.20. The van der Waals surface area contributed by atoms with Crippen molar-refractivity contribution in [3.8, 4) is 23.1 Å². The van der Waals surface area contributed by atoms with Crippen molar-refractivity contribution in [2.75, 3.05) is 20.3 Å². The van der Waals surface area contributed by atoms with Crippen molar-refractivity contribution in [1.29, 1.82) is 0 Å². The Bertz CT molecular complexity index is 1180. The number of carbonyl (C=O) groups is 2. The molecule has 1 aromatic heterocycles. The number of thioether (sulfide) groups is 1. The third kappa shape index (κ3) is 6.56. The van der Waals surface area contributed by atoms with E-state index in [-0.39, 0.29) is 11.1 Å². The number of amides is 2. The molecule has 0 bridgehead atoms. The fourth-order valence-electron chi connectivity index (χ4n) is 2.98. The molecular formula is C24H22N4O5S. The Morgan fingerprint density at radius 3 is 2.44 bits per heavy atom. The van der Waals surface area contributed by atoms with E-state index in [1.165, 1.54) is 6.33 Å². The molecule has 0 unspecified atom stereocenters. The van der Waals surface area contributed by atoms with Gasteiger partial charge in [0.2, 0.25) is 5.88 Å². The van der Waals surface area contributed by atoms with Gasteiger partial charge in [0.15, 0.2) is 0 Å². The van der Waals surface area contributed by atoms with Gasteiger partial charge in [0.05, 0.1) is 17.7 Å². The van der Waals surface area contributed by atoms with E-state index in [1.54, 1.807) is 19.3 Å². The highest BCUT2D eigenvalue weighted by atomic mass is 32.2. The number of hydrogen-bond acceptors (Lipinski definition) is 9. The van der Waals surface area contributed by atoms with Crippen molar-refractivity contribution in [2.45, 2.75) is 6.54 Å². The van der Waals surface area contributed by atoms with Crippen LogP contribution in [0.4, 0.5) is 4.79 Å².